The molecule has 2 aromatic carbocycles. The van der Waals surface area contributed by atoms with Crippen molar-refractivity contribution in [1.82, 2.24) is 9.29 Å². The highest BCUT2D eigenvalue weighted by Gasteiger charge is 2.26. The summed E-state index contributed by atoms with van der Waals surface area (Å²) in [6.07, 6.45) is 2.84. The largest absolute Gasteiger partial charge is 0.298 e. The summed E-state index contributed by atoms with van der Waals surface area (Å²) in [7, 11) is -3.50. The number of carbonyl (C=O) groups is 1. The number of piperidine rings is 1. The molecule has 1 fully saturated rings. The van der Waals surface area contributed by atoms with E-state index in [2.05, 4.69) is 10.3 Å². The van der Waals surface area contributed by atoms with E-state index in [1.807, 2.05) is 26.0 Å². The summed E-state index contributed by atoms with van der Waals surface area (Å²) in [6.45, 7) is 5.13. The molecule has 1 aliphatic heterocycles. The molecule has 3 aromatic rings. The molecule has 2 heterocycles. The fraction of sp³-hybridized carbons (Fsp3) is 0.333. The van der Waals surface area contributed by atoms with Crippen molar-refractivity contribution in [3.05, 3.63) is 53.1 Å². The number of aromatic nitrogens is 1. The van der Waals surface area contributed by atoms with E-state index in [1.165, 1.54) is 27.8 Å². The van der Waals surface area contributed by atoms with Crippen molar-refractivity contribution in [2.24, 2.45) is 0 Å². The van der Waals surface area contributed by atoms with Crippen LogP contribution in [-0.4, -0.2) is 36.7 Å². The monoisotopic (exact) mass is 429 g/mol. The molecule has 152 valence electrons. The first-order valence-corrected chi connectivity index (χ1v) is 11.9. The molecule has 0 atom stereocenters. The Morgan fingerprint density at radius 3 is 2.31 bits per heavy atom. The van der Waals surface area contributed by atoms with Crippen LogP contribution in [0.1, 0.15) is 40.7 Å². The lowest BCUT2D eigenvalue weighted by atomic mass is 10.1. The van der Waals surface area contributed by atoms with E-state index in [0.29, 0.717) is 23.8 Å². The van der Waals surface area contributed by atoms with Crippen LogP contribution in [0.3, 0.4) is 0 Å². The van der Waals surface area contributed by atoms with Gasteiger partial charge in [0.25, 0.3) is 5.91 Å². The van der Waals surface area contributed by atoms with Crippen LogP contribution in [0, 0.1) is 13.8 Å². The highest BCUT2D eigenvalue weighted by atomic mass is 32.2. The number of hydrogen-bond donors (Lipinski definition) is 1. The molecule has 4 rings (SSSR count). The second-order valence-corrected chi connectivity index (χ2v) is 10.3. The summed E-state index contributed by atoms with van der Waals surface area (Å²) in [5.74, 6) is -0.304. The van der Waals surface area contributed by atoms with Gasteiger partial charge < -0.3 is 0 Å². The molecule has 0 bridgehead atoms. The minimum atomic E-state index is -3.50. The van der Waals surface area contributed by atoms with Crippen molar-refractivity contribution >= 4 is 42.6 Å². The molecule has 0 spiro atoms. The molecule has 1 amide bonds. The number of amides is 1. The predicted octanol–water partition coefficient (Wildman–Crippen LogP) is 4.34. The molecule has 8 heteroatoms. The van der Waals surface area contributed by atoms with Gasteiger partial charge in [-0.3, -0.25) is 10.1 Å². The highest BCUT2D eigenvalue weighted by Crippen LogP contribution is 2.31. The molecule has 1 aromatic heterocycles. The van der Waals surface area contributed by atoms with Crippen molar-refractivity contribution in [1.29, 1.82) is 0 Å². The number of aryl methyl sites for hydroxylation is 2. The molecule has 0 unspecified atom stereocenters. The summed E-state index contributed by atoms with van der Waals surface area (Å²) in [6, 6.07) is 10.2. The average molecular weight is 430 g/mol. The topological polar surface area (TPSA) is 79.4 Å². The van der Waals surface area contributed by atoms with Crippen molar-refractivity contribution in [3.8, 4) is 0 Å². The Kier molecular flexibility index (Phi) is 5.42. The Morgan fingerprint density at radius 1 is 1.00 bits per heavy atom. The first kappa shape index (κ1) is 20.0. The van der Waals surface area contributed by atoms with Crippen molar-refractivity contribution in [2.45, 2.75) is 38.0 Å². The first-order chi connectivity index (χ1) is 13.9. The lowest BCUT2D eigenvalue weighted by Crippen LogP contribution is -2.35. The van der Waals surface area contributed by atoms with Crippen molar-refractivity contribution < 1.29 is 13.2 Å². The first-order valence-electron chi connectivity index (χ1n) is 9.64. The Balaban J connectivity index is 1.53. The van der Waals surface area contributed by atoms with Gasteiger partial charge in [0.05, 0.1) is 15.1 Å². The smallest absolute Gasteiger partial charge is 0.257 e. The van der Waals surface area contributed by atoms with Gasteiger partial charge in [-0.1, -0.05) is 29.9 Å². The fourth-order valence-electron chi connectivity index (χ4n) is 3.51. The fourth-order valence-corrected chi connectivity index (χ4v) is 6.04. The highest BCUT2D eigenvalue weighted by molar-refractivity contribution is 7.89. The van der Waals surface area contributed by atoms with Gasteiger partial charge in [0.15, 0.2) is 5.13 Å². The van der Waals surface area contributed by atoms with Crippen molar-refractivity contribution in [3.63, 3.8) is 0 Å². The average Bonchev–Trinajstić information content (AvgIpc) is 3.16. The SMILES string of the molecule is Cc1ccc(C)c2sc(NC(=O)c3ccc(S(=O)(=O)N4CCCCC4)cc3)nc12. The van der Waals surface area contributed by atoms with E-state index in [1.54, 1.807) is 12.1 Å². The second-order valence-electron chi connectivity index (χ2n) is 7.34. The van der Waals surface area contributed by atoms with Crippen LogP contribution in [0.5, 0.6) is 0 Å². The number of carbonyl (C=O) groups excluding carboxylic acids is 1. The van der Waals surface area contributed by atoms with Crippen molar-refractivity contribution in [2.75, 3.05) is 18.4 Å². The standard InChI is InChI=1S/C21H23N3O3S2/c1-14-6-7-15(2)19-18(14)22-21(28-19)23-20(25)16-8-10-17(11-9-16)29(26,27)24-12-4-3-5-13-24/h6-11H,3-5,12-13H2,1-2H3,(H,22,23,25). The number of thiazole rings is 1. The third kappa shape index (κ3) is 3.92. The van der Waals surface area contributed by atoms with E-state index in [-0.39, 0.29) is 10.8 Å². The summed E-state index contributed by atoms with van der Waals surface area (Å²) in [4.78, 5) is 17.4. The summed E-state index contributed by atoms with van der Waals surface area (Å²) < 4.78 is 28.1. The molecule has 29 heavy (non-hydrogen) atoms. The van der Waals surface area contributed by atoms with Crippen LogP contribution in [0.2, 0.25) is 0 Å². The second kappa shape index (κ2) is 7.85. The molecule has 0 radical (unpaired) electrons. The number of fused-ring (bicyclic) bond motifs is 1. The zero-order valence-corrected chi connectivity index (χ0v) is 18.1. The molecule has 1 N–H and O–H groups in total. The van der Waals surface area contributed by atoms with Gasteiger partial charge >= 0.3 is 0 Å². The Labute approximate surface area is 174 Å². The van der Waals surface area contributed by atoms with E-state index in [0.717, 1.165) is 40.6 Å². The lowest BCUT2D eigenvalue weighted by molar-refractivity contribution is 0.102. The maximum atomic E-state index is 12.7. The van der Waals surface area contributed by atoms with Gasteiger partial charge in [0.2, 0.25) is 10.0 Å². The molecule has 6 nitrogen and oxygen atoms in total. The Bertz CT molecular complexity index is 1120. The summed E-state index contributed by atoms with van der Waals surface area (Å²) in [5, 5.41) is 3.37. The number of sulfonamides is 1. The van der Waals surface area contributed by atoms with Crippen LogP contribution < -0.4 is 5.32 Å². The summed E-state index contributed by atoms with van der Waals surface area (Å²) in [5.41, 5.74) is 3.48. The normalized spacial score (nSPS) is 15.5. The zero-order valence-electron chi connectivity index (χ0n) is 16.4. The maximum absolute atomic E-state index is 12.7. The molecule has 1 aliphatic rings. The number of benzene rings is 2. The lowest BCUT2D eigenvalue weighted by Gasteiger charge is -2.25. The van der Waals surface area contributed by atoms with E-state index in [9.17, 15) is 13.2 Å². The quantitative estimate of drug-likeness (QED) is 0.669. The van der Waals surface area contributed by atoms with E-state index in [4.69, 9.17) is 0 Å². The van der Waals surface area contributed by atoms with E-state index < -0.39 is 10.0 Å². The van der Waals surface area contributed by atoms with Gasteiger partial charge in [-0.25, -0.2) is 13.4 Å². The molecule has 0 saturated carbocycles. The third-order valence-corrected chi connectivity index (χ3v) is 8.25. The Hall–Kier alpha value is -2.29. The van der Waals surface area contributed by atoms with Crippen LogP contribution in [-0.2, 0) is 10.0 Å². The molecular formula is C21H23N3O3S2. The minimum Gasteiger partial charge on any atom is -0.298 e. The molecule has 0 aliphatic carbocycles. The van der Waals surface area contributed by atoms with Crippen LogP contribution in [0.25, 0.3) is 10.2 Å². The maximum Gasteiger partial charge on any atom is 0.257 e. The van der Waals surface area contributed by atoms with Gasteiger partial charge in [-0.15, -0.1) is 0 Å². The van der Waals surface area contributed by atoms with Gasteiger partial charge in [0.1, 0.15) is 0 Å². The minimum absolute atomic E-state index is 0.224. The molecule has 1 saturated heterocycles. The number of anilines is 1. The van der Waals surface area contributed by atoms with Gasteiger partial charge in [0, 0.05) is 18.7 Å². The third-order valence-electron chi connectivity index (χ3n) is 5.23. The van der Waals surface area contributed by atoms with E-state index >= 15 is 0 Å². The molecular weight excluding hydrogens is 406 g/mol. The van der Waals surface area contributed by atoms with Crippen LogP contribution >= 0.6 is 11.3 Å². The van der Waals surface area contributed by atoms with Gasteiger partial charge in [-0.05, 0) is 62.1 Å². The number of nitrogens with one attached hydrogen (secondary N) is 1. The Morgan fingerprint density at radius 2 is 1.66 bits per heavy atom. The number of rotatable bonds is 4. The van der Waals surface area contributed by atoms with Crippen LogP contribution in [0.4, 0.5) is 5.13 Å². The number of hydrogen-bond acceptors (Lipinski definition) is 5. The zero-order chi connectivity index (χ0) is 20.6. The van der Waals surface area contributed by atoms with Gasteiger partial charge in [-0.2, -0.15) is 4.31 Å². The number of nitrogens with zero attached hydrogens (tertiary/aromatic N) is 2. The van der Waals surface area contributed by atoms with Crippen LogP contribution in [0.15, 0.2) is 41.3 Å². The summed E-state index contributed by atoms with van der Waals surface area (Å²) >= 11 is 1.44. The predicted molar refractivity (Wildman–Crippen MR) is 116 cm³/mol.